The van der Waals surface area contributed by atoms with Crippen LogP contribution in [0.15, 0.2) is 24.3 Å². The molecule has 20 heavy (non-hydrogen) atoms. The number of amides is 1. The summed E-state index contributed by atoms with van der Waals surface area (Å²) in [5, 5.41) is 2.89. The van der Waals surface area contributed by atoms with Crippen molar-refractivity contribution < 1.29 is 19.2 Å². The van der Waals surface area contributed by atoms with Crippen molar-refractivity contribution in [3.05, 3.63) is 29.8 Å². The van der Waals surface area contributed by atoms with Gasteiger partial charge in [-0.25, -0.2) is 0 Å². The molecular weight excluding hydrogens is 256 g/mol. The number of rotatable bonds is 4. The number of hydrogen-bond donors (Lipinski definition) is 2. The van der Waals surface area contributed by atoms with Gasteiger partial charge in [-0.3, -0.25) is 9.59 Å². The normalized spacial score (nSPS) is 17.5. The molecule has 1 atom stereocenters. The van der Waals surface area contributed by atoms with E-state index in [0.717, 1.165) is 18.8 Å². The van der Waals surface area contributed by atoms with Gasteiger partial charge >= 0.3 is 0 Å². The lowest BCUT2D eigenvalue weighted by molar-refractivity contribution is -0.921. The summed E-state index contributed by atoms with van der Waals surface area (Å²) >= 11 is 0. The SMILES string of the molecule is CC(=O)c1ccc(NC(=O)[C@H](C)[NH+]2CCOCC2)cc1. The molecule has 1 amide bonds. The number of Topliss-reactive ketones (excluding diaryl/α,β-unsaturated/α-hetero) is 1. The number of nitrogens with one attached hydrogen (secondary N) is 2. The first-order chi connectivity index (χ1) is 9.58. The molecule has 1 aromatic carbocycles. The Morgan fingerprint density at radius 2 is 1.80 bits per heavy atom. The molecule has 5 heteroatoms. The van der Waals surface area contributed by atoms with Gasteiger partial charge in [-0.15, -0.1) is 0 Å². The van der Waals surface area contributed by atoms with Crippen LogP contribution in [0.4, 0.5) is 5.69 Å². The zero-order chi connectivity index (χ0) is 14.5. The topological polar surface area (TPSA) is 59.8 Å². The van der Waals surface area contributed by atoms with Crippen LogP contribution in [0.2, 0.25) is 0 Å². The largest absolute Gasteiger partial charge is 0.370 e. The number of hydrogen-bond acceptors (Lipinski definition) is 3. The van der Waals surface area contributed by atoms with E-state index in [9.17, 15) is 9.59 Å². The molecule has 0 spiro atoms. The Balaban J connectivity index is 1.94. The molecule has 108 valence electrons. The molecule has 1 aliphatic rings. The standard InChI is InChI=1S/C15H20N2O3/c1-11(17-7-9-20-10-8-17)15(19)16-14-5-3-13(4-6-14)12(2)18/h3-6,11H,7-10H2,1-2H3,(H,16,19)/p+1/t11-/m0/s1. The highest BCUT2D eigenvalue weighted by atomic mass is 16.5. The lowest BCUT2D eigenvalue weighted by atomic mass is 10.1. The Labute approximate surface area is 118 Å². The fraction of sp³-hybridized carbons (Fsp3) is 0.467. The van der Waals surface area contributed by atoms with Crippen molar-refractivity contribution in [1.29, 1.82) is 0 Å². The van der Waals surface area contributed by atoms with Gasteiger partial charge in [0.25, 0.3) is 5.91 Å². The van der Waals surface area contributed by atoms with Crippen molar-refractivity contribution in [2.24, 2.45) is 0 Å². The summed E-state index contributed by atoms with van der Waals surface area (Å²) in [4.78, 5) is 24.6. The summed E-state index contributed by atoms with van der Waals surface area (Å²) in [6.45, 7) is 6.59. The Morgan fingerprint density at radius 1 is 1.20 bits per heavy atom. The predicted octanol–water partition coefficient (Wildman–Crippen LogP) is 0.131. The van der Waals surface area contributed by atoms with Crippen LogP contribution in [0, 0.1) is 0 Å². The van der Waals surface area contributed by atoms with Crippen LogP contribution in [0.1, 0.15) is 24.2 Å². The zero-order valence-corrected chi connectivity index (χ0v) is 11.9. The first-order valence-electron chi connectivity index (χ1n) is 6.92. The number of ether oxygens (including phenoxy) is 1. The second-order valence-electron chi connectivity index (χ2n) is 5.12. The van der Waals surface area contributed by atoms with Gasteiger partial charge in [-0.2, -0.15) is 0 Å². The van der Waals surface area contributed by atoms with Gasteiger partial charge < -0.3 is 15.0 Å². The van der Waals surface area contributed by atoms with Gasteiger partial charge in [0.05, 0.1) is 13.2 Å². The predicted molar refractivity (Wildman–Crippen MR) is 76.1 cm³/mol. The minimum Gasteiger partial charge on any atom is -0.370 e. The van der Waals surface area contributed by atoms with E-state index in [4.69, 9.17) is 4.74 Å². The highest BCUT2D eigenvalue weighted by Crippen LogP contribution is 2.10. The summed E-state index contributed by atoms with van der Waals surface area (Å²) in [6, 6.07) is 6.87. The maximum Gasteiger partial charge on any atom is 0.282 e. The van der Waals surface area contributed by atoms with Crippen molar-refractivity contribution in [2.75, 3.05) is 31.6 Å². The molecule has 1 aromatic rings. The molecule has 0 saturated carbocycles. The first kappa shape index (κ1) is 14.7. The van der Waals surface area contributed by atoms with Gasteiger partial charge in [0.15, 0.2) is 11.8 Å². The molecular formula is C15H21N2O3+. The molecule has 0 aliphatic carbocycles. The smallest absolute Gasteiger partial charge is 0.282 e. The lowest BCUT2D eigenvalue weighted by Gasteiger charge is -2.28. The third kappa shape index (κ3) is 3.65. The third-order valence-electron chi connectivity index (χ3n) is 3.70. The molecule has 1 saturated heterocycles. The second kappa shape index (κ2) is 6.63. The average Bonchev–Trinajstić information content (AvgIpc) is 2.48. The highest BCUT2D eigenvalue weighted by Gasteiger charge is 2.26. The van der Waals surface area contributed by atoms with Crippen molar-refractivity contribution in [1.82, 2.24) is 0 Å². The summed E-state index contributed by atoms with van der Waals surface area (Å²) in [6.07, 6.45) is 0. The number of carbonyl (C=O) groups excluding carboxylic acids is 2. The van der Waals surface area contributed by atoms with Crippen LogP contribution in [0.5, 0.6) is 0 Å². The fourth-order valence-corrected chi connectivity index (χ4v) is 2.29. The number of quaternary nitrogens is 1. The average molecular weight is 277 g/mol. The van der Waals surface area contributed by atoms with E-state index in [2.05, 4.69) is 5.32 Å². The van der Waals surface area contributed by atoms with E-state index in [1.807, 2.05) is 6.92 Å². The number of anilines is 1. The molecule has 0 unspecified atom stereocenters. The second-order valence-corrected chi connectivity index (χ2v) is 5.12. The number of carbonyl (C=O) groups is 2. The number of ketones is 1. The molecule has 0 aromatic heterocycles. The van der Waals surface area contributed by atoms with Crippen molar-refractivity contribution in [3.63, 3.8) is 0 Å². The van der Waals surface area contributed by atoms with Gasteiger partial charge in [-0.1, -0.05) is 0 Å². The Bertz CT molecular complexity index is 478. The van der Waals surface area contributed by atoms with E-state index in [-0.39, 0.29) is 17.7 Å². The Hall–Kier alpha value is -1.72. The van der Waals surface area contributed by atoms with Crippen molar-refractivity contribution in [2.45, 2.75) is 19.9 Å². The van der Waals surface area contributed by atoms with Gasteiger partial charge in [0, 0.05) is 11.3 Å². The first-order valence-corrected chi connectivity index (χ1v) is 6.92. The van der Waals surface area contributed by atoms with Crippen LogP contribution in [-0.4, -0.2) is 44.0 Å². The minimum absolute atomic E-state index is 0.00234. The molecule has 5 nitrogen and oxygen atoms in total. The van der Waals surface area contributed by atoms with Gasteiger partial charge in [-0.05, 0) is 38.1 Å². The van der Waals surface area contributed by atoms with E-state index >= 15 is 0 Å². The molecule has 2 rings (SSSR count). The quantitative estimate of drug-likeness (QED) is 0.769. The molecule has 1 heterocycles. The summed E-state index contributed by atoms with van der Waals surface area (Å²) < 4.78 is 5.30. The maximum atomic E-state index is 12.2. The van der Waals surface area contributed by atoms with Gasteiger partial charge in [0.1, 0.15) is 13.1 Å². The van der Waals surface area contributed by atoms with Crippen LogP contribution >= 0.6 is 0 Å². The zero-order valence-electron chi connectivity index (χ0n) is 11.9. The monoisotopic (exact) mass is 277 g/mol. The Morgan fingerprint density at radius 3 is 2.35 bits per heavy atom. The fourth-order valence-electron chi connectivity index (χ4n) is 2.29. The van der Waals surface area contributed by atoms with Crippen molar-refractivity contribution >= 4 is 17.4 Å². The van der Waals surface area contributed by atoms with E-state index < -0.39 is 0 Å². The molecule has 2 N–H and O–H groups in total. The third-order valence-corrected chi connectivity index (χ3v) is 3.70. The van der Waals surface area contributed by atoms with Crippen LogP contribution < -0.4 is 10.2 Å². The summed E-state index contributed by atoms with van der Waals surface area (Å²) in [5.41, 5.74) is 1.37. The minimum atomic E-state index is -0.105. The molecule has 1 aliphatic heterocycles. The highest BCUT2D eigenvalue weighted by molar-refractivity contribution is 5.96. The van der Waals surface area contributed by atoms with Crippen LogP contribution in [0.25, 0.3) is 0 Å². The van der Waals surface area contributed by atoms with Crippen LogP contribution in [0.3, 0.4) is 0 Å². The van der Waals surface area contributed by atoms with Crippen molar-refractivity contribution in [3.8, 4) is 0 Å². The van der Waals surface area contributed by atoms with Gasteiger partial charge in [0.2, 0.25) is 0 Å². The van der Waals surface area contributed by atoms with E-state index in [1.54, 1.807) is 24.3 Å². The maximum absolute atomic E-state index is 12.2. The number of morpholine rings is 1. The molecule has 0 bridgehead atoms. The summed E-state index contributed by atoms with van der Waals surface area (Å²) in [7, 11) is 0. The molecule has 0 radical (unpaired) electrons. The Kier molecular flexibility index (Phi) is 4.87. The van der Waals surface area contributed by atoms with E-state index in [1.165, 1.54) is 11.8 Å². The molecule has 1 fully saturated rings. The number of benzene rings is 1. The van der Waals surface area contributed by atoms with E-state index in [0.29, 0.717) is 18.8 Å². The summed E-state index contributed by atoms with van der Waals surface area (Å²) in [5.74, 6) is 0.0199. The lowest BCUT2D eigenvalue weighted by Crippen LogP contribution is -3.18. The van der Waals surface area contributed by atoms with Crippen LogP contribution in [-0.2, 0) is 9.53 Å².